The molecule has 0 saturated heterocycles. The Hall–Kier alpha value is -3.53. The molecule has 586 valence electrons. The van der Waals surface area contributed by atoms with Crippen LogP contribution < -0.4 is 0 Å². The number of unbranched alkanes of at least 4 members (excludes halogenated alkanes) is 38. The van der Waals surface area contributed by atoms with Gasteiger partial charge < -0.3 is 34.2 Å². The maximum atomic E-state index is 13.0. The van der Waals surface area contributed by atoms with E-state index in [0.29, 0.717) is 19.3 Å². The van der Waals surface area contributed by atoms with Crippen LogP contribution in [0.25, 0.3) is 0 Å². The number of phosphoric ester groups is 2. The molecule has 0 saturated carbocycles. The van der Waals surface area contributed by atoms with E-state index in [9.17, 15) is 43.5 Å². The molecule has 18 heteroatoms. The first kappa shape index (κ1) is 97.5. The van der Waals surface area contributed by atoms with E-state index in [2.05, 4.69) is 118 Å². The monoisotopic (exact) mass is 1460 g/mol. The summed E-state index contributed by atoms with van der Waals surface area (Å²) in [6.07, 6.45) is 87.6. The van der Waals surface area contributed by atoms with Gasteiger partial charge in [-0.2, -0.15) is 0 Å². The topological polar surface area (TPSA) is 231 Å². The van der Waals surface area contributed by atoms with Gasteiger partial charge in [0.25, 0.3) is 0 Å². The van der Waals surface area contributed by atoms with Gasteiger partial charge in [-0.05, 0) is 103 Å². The average molecular weight is 1460 g/mol. The summed E-state index contributed by atoms with van der Waals surface area (Å²) in [6.45, 7) is 2.56. The zero-order valence-corrected chi connectivity index (χ0v) is 65.9. The number of aliphatic hydroxyl groups excluding tert-OH is 2. The normalized spacial score (nSPS) is 14.5. The molecule has 5 unspecified atom stereocenters. The summed E-state index contributed by atoms with van der Waals surface area (Å²) in [5.41, 5.74) is 0. The van der Waals surface area contributed by atoms with Crippen molar-refractivity contribution >= 4 is 33.6 Å². The number of carbonyl (C=O) groups is 3. The third kappa shape index (κ3) is 77.4. The Morgan fingerprint density at radius 1 is 0.287 bits per heavy atom. The molecular formula is C83H148O16P2. The Bertz CT molecular complexity index is 2220. The van der Waals surface area contributed by atoms with Crippen LogP contribution in [0, 0.1) is 0 Å². The highest BCUT2D eigenvalue weighted by Gasteiger charge is 2.29. The Morgan fingerprint density at radius 3 is 0.851 bits per heavy atom. The van der Waals surface area contributed by atoms with Crippen LogP contribution in [0.3, 0.4) is 0 Å². The van der Waals surface area contributed by atoms with Gasteiger partial charge >= 0.3 is 33.6 Å². The summed E-state index contributed by atoms with van der Waals surface area (Å²) < 4.78 is 61.1. The third-order valence-corrected chi connectivity index (χ3v) is 19.2. The second kappa shape index (κ2) is 76.1. The minimum Gasteiger partial charge on any atom is -0.463 e. The summed E-state index contributed by atoms with van der Waals surface area (Å²) in [5, 5.41) is 20.6. The van der Waals surface area contributed by atoms with Gasteiger partial charge in [0, 0.05) is 19.3 Å². The van der Waals surface area contributed by atoms with Crippen molar-refractivity contribution in [2.24, 2.45) is 0 Å². The fourth-order valence-electron chi connectivity index (χ4n) is 11.1. The summed E-state index contributed by atoms with van der Waals surface area (Å²) >= 11 is 0. The van der Waals surface area contributed by atoms with Crippen LogP contribution in [0.2, 0.25) is 0 Å². The largest absolute Gasteiger partial charge is 0.472 e. The summed E-state index contributed by atoms with van der Waals surface area (Å²) in [4.78, 5) is 58.6. The highest BCUT2D eigenvalue weighted by atomic mass is 31.2. The third-order valence-electron chi connectivity index (χ3n) is 17.3. The summed E-state index contributed by atoms with van der Waals surface area (Å²) in [7, 11) is -9.78. The van der Waals surface area contributed by atoms with Gasteiger partial charge in [-0.15, -0.1) is 0 Å². The predicted octanol–water partition coefficient (Wildman–Crippen LogP) is 23.8. The molecular weight excluding hydrogens is 1310 g/mol. The van der Waals surface area contributed by atoms with Crippen LogP contribution in [0.15, 0.2) is 97.2 Å². The van der Waals surface area contributed by atoms with E-state index in [1.165, 1.54) is 180 Å². The molecule has 0 amide bonds. The number of phosphoric acid groups is 2. The van der Waals surface area contributed by atoms with Crippen molar-refractivity contribution in [3.05, 3.63) is 97.2 Å². The summed E-state index contributed by atoms with van der Waals surface area (Å²) in [6, 6.07) is 0. The lowest BCUT2D eigenvalue weighted by molar-refractivity contribution is -0.161. The summed E-state index contributed by atoms with van der Waals surface area (Å²) in [5.74, 6) is -1.59. The van der Waals surface area contributed by atoms with Crippen LogP contribution in [-0.4, -0.2) is 95.9 Å². The second-order valence-corrected chi connectivity index (χ2v) is 30.1. The second-order valence-electron chi connectivity index (χ2n) is 27.2. The van der Waals surface area contributed by atoms with Gasteiger partial charge in [-0.25, -0.2) is 9.13 Å². The zero-order chi connectivity index (χ0) is 73.7. The number of ether oxygens (including phenoxy) is 3. The van der Waals surface area contributed by atoms with Crippen molar-refractivity contribution < 1.29 is 75.8 Å². The van der Waals surface area contributed by atoms with Gasteiger partial charge in [0.15, 0.2) is 6.10 Å². The lowest BCUT2D eigenvalue weighted by Gasteiger charge is -2.21. The van der Waals surface area contributed by atoms with Gasteiger partial charge in [0.05, 0.1) is 26.4 Å². The number of aliphatic hydroxyl groups is 2. The number of carbonyl (C=O) groups excluding carboxylic acids is 3. The molecule has 101 heavy (non-hydrogen) atoms. The molecule has 0 aromatic rings. The number of allylic oxidation sites excluding steroid dienone is 16. The zero-order valence-electron chi connectivity index (χ0n) is 64.1. The molecule has 0 heterocycles. The standard InChI is InChI=1S/C83H148O16P2/c1-4-7-10-13-16-19-22-25-28-30-31-32-33-34-35-36-37-38-39-40-41-42-43-44-45-47-50-51-54-57-60-63-66-69-81(86)93-72-78(84)73-95-100(89,90)96-74-79(85)75-97-101(91,92)98-77-80(99-83(88)71-68-65-62-59-56-53-48-27-24-21-18-15-12-9-6-3)76-94-82(87)70-67-64-61-58-55-52-49-46-29-26-23-20-17-14-11-8-5-2/h8,11,16-17,19-20,25-26,28-29,31-32,34-35,49,52,78-80,84-85H,4-7,9-10,12-15,18,21-24,27,30,33,36-48,50-51,53-77H2,1-3H3,(H,89,90)(H,91,92)/b11-8-,19-16-,20-17-,28-25-,29-26-,32-31-,35-34-,52-49-. The van der Waals surface area contributed by atoms with Crippen LogP contribution >= 0.6 is 15.6 Å². The van der Waals surface area contributed by atoms with E-state index in [0.717, 1.165) is 116 Å². The fourth-order valence-corrected chi connectivity index (χ4v) is 12.7. The van der Waals surface area contributed by atoms with E-state index in [1.807, 2.05) is 0 Å². The van der Waals surface area contributed by atoms with Gasteiger partial charge in [-0.3, -0.25) is 32.5 Å². The van der Waals surface area contributed by atoms with Crippen LogP contribution in [0.4, 0.5) is 0 Å². The van der Waals surface area contributed by atoms with Crippen LogP contribution in [-0.2, 0) is 55.8 Å². The molecule has 0 aliphatic heterocycles. The average Bonchev–Trinajstić information content (AvgIpc) is 0.944. The predicted molar refractivity (Wildman–Crippen MR) is 417 cm³/mol. The SMILES string of the molecule is CC/C=C\C/C=C\C/C=C\C/C=C\CCCCCCC(=O)OCC(COP(=O)(O)OCC(O)COP(=O)(O)OCC(O)COC(=O)CCCCCCCCCCCCCCCCCCC/C=C\C/C=C\C/C=C\C/C=C\CCCCC)OC(=O)CCCCCCCCCCCCCCCCC. The Morgan fingerprint density at radius 2 is 0.525 bits per heavy atom. The fraction of sp³-hybridized carbons (Fsp3) is 0.771. The minimum atomic E-state index is -4.93. The molecule has 16 nitrogen and oxygen atoms in total. The number of hydrogen-bond acceptors (Lipinski definition) is 14. The van der Waals surface area contributed by atoms with Crippen molar-refractivity contribution in [2.45, 2.75) is 373 Å². The van der Waals surface area contributed by atoms with Crippen molar-refractivity contribution in [1.29, 1.82) is 0 Å². The molecule has 0 aromatic heterocycles. The molecule has 0 fully saturated rings. The molecule has 0 aromatic carbocycles. The highest BCUT2D eigenvalue weighted by Crippen LogP contribution is 2.45. The molecule has 0 bridgehead atoms. The van der Waals surface area contributed by atoms with Crippen molar-refractivity contribution in [3.63, 3.8) is 0 Å². The first-order valence-corrected chi connectivity index (χ1v) is 43.5. The molecule has 0 aliphatic rings. The molecule has 5 atom stereocenters. The number of hydrogen-bond donors (Lipinski definition) is 4. The maximum absolute atomic E-state index is 13.0. The molecule has 0 spiro atoms. The minimum absolute atomic E-state index is 0.103. The molecule has 0 radical (unpaired) electrons. The van der Waals surface area contributed by atoms with Gasteiger partial charge in [-0.1, -0.05) is 330 Å². The maximum Gasteiger partial charge on any atom is 0.472 e. The smallest absolute Gasteiger partial charge is 0.463 e. The number of rotatable bonds is 77. The van der Waals surface area contributed by atoms with Crippen LogP contribution in [0.1, 0.15) is 355 Å². The Labute approximate surface area is 616 Å². The molecule has 0 rings (SSSR count). The quantitative estimate of drug-likeness (QED) is 0.0146. The Balaban J connectivity index is 4.41. The van der Waals surface area contributed by atoms with E-state index in [4.69, 9.17) is 32.3 Å². The van der Waals surface area contributed by atoms with E-state index >= 15 is 0 Å². The van der Waals surface area contributed by atoms with E-state index in [-0.39, 0.29) is 19.3 Å². The highest BCUT2D eigenvalue weighted by molar-refractivity contribution is 7.47. The van der Waals surface area contributed by atoms with Crippen molar-refractivity contribution in [1.82, 2.24) is 0 Å². The lowest BCUT2D eigenvalue weighted by atomic mass is 10.0. The lowest BCUT2D eigenvalue weighted by Crippen LogP contribution is -2.30. The van der Waals surface area contributed by atoms with Crippen molar-refractivity contribution in [3.8, 4) is 0 Å². The van der Waals surface area contributed by atoms with E-state index < -0.39 is 91.5 Å². The first-order valence-electron chi connectivity index (χ1n) is 40.5. The first-order chi connectivity index (χ1) is 49.2. The number of esters is 3. The molecule has 4 N–H and O–H groups in total. The van der Waals surface area contributed by atoms with Crippen LogP contribution in [0.5, 0.6) is 0 Å². The van der Waals surface area contributed by atoms with Crippen molar-refractivity contribution in [2.75, 3.05) is 39.6 Å². The molecule has 0 aliphatic carbocycles. The van der Waals surface area contributed by atoms with E-state index in [1.54, 1.807) is 0 Å². The Kier molecular flexibility index (Phi) is 73.5. The van der Waals surface area contributed by atoms with Gasteiger partial charge in [0.1, 0.15) is 25.4 Å². The van der Waals surface area contributed by atoms with Gasteiger partial charge in [0.2, 0.25) is 0 Å².